The molecule has 1 aromatic heterocycles. The van der Waals surface area contributed by atoms with E-state index in [0.717, 1.165) is 13.1 Å². The molecule has 0 atom stereocenters. The van der Waals surface area contributed by atoms with Crippen molar-refractivity contribution in [3.05, 3.63) is 17.5 Å². The average molecular weight is 211 g/mol. The number of hydrogen-bond acceptors (Lipinski definition) is 3. The maximum absolute atomic E-state index is 5.33. The van der Waals surface area contributed by atoms with Crippen molar-refractivity contribution in [1.29, 1.82) is 0 Å². The van der Waals surface area contributed by atoms with Gasteiger partial charge in [0.1, 0.15) is 0 Å². The third-order valence-electron chi connectivity index (χ3n) is 2.76. The third kappa shape index (κ3) is 3.32. The Morgan fingerprint density at radius 3 is 2.67 bits per heavy atom. The van der Waals surface area contributed by atoms with Crippen molar-refractivity contribution in [2.75, 3.05) is 13.7 Å². The summed E-state index contributed by atoms with van der Waals surface area (Å²) in [6.07, 6.45) is 1.90. The lowest BCUT2D eigenvalue weighted by Gasteiger charge is -2.23. The fourth-order valence-electron chi connectivity index (χ4n) is 1.29. The molecule has 1 rings (SSSR count). The van der Waals surface area contributed by atoms with Crippen molar-refractivity contribution in [3.63, 3.8) is 0 Å². The number of rotatable bonds is 5. The van der Waals surface area contributed by atoms with Crippen LogP contribution in [0.15, 0.2) is 6.20 Å². The van der Waals surface area contributed by atoms with Gasteiger partial charge in [0.05, 0.1) is 11.8 Å². The van der Waals surface area contributed by atoms with Crippen LogP contribution < -0.4 is 5.32 Å². The lowest BCUT2D eigenvalue weighted by Crippen LogP contribution is -2.36. The zero-order valence-electron chi connectivity index (χ0n) is 10.3. The molecule has 1 heterocycles. The van der Waals surface area contributed by atoms with E-state index in [1.54, 1.807) is 7.11 Å². The number of aryl methyl sites for hydroxylation is 1. The zero-order chi connectivity index (χ0) is 11.5. The van der Waals surface area contributed by atoms with Gasteiger partial charge >= 0.3 is 0 Å². The summed E-state index contributed by atoms with van der Waals surface area (Å²) in [6.45, 7) is 7.88. The first kappa shape index (κ1) is 12.2. The topological polar surface area (TPSA) is 39.1 Å². The number of ether oxygens (including phenoxy) is 1. The van der Waals surface area contributed by atoms with E-state index in [4.69, 9.17) is 4.74 Å². The molecule has 4 nitrogen and oxygen atoms in total. The van der Waals surface area contributed by atoms with Gasteiger partial charge in [-0.2, -0.15) is 5.10 Å². The Balaban J connectivity index is 2.42. The smallest absolute Gasteiger partial charge is 0.0746 e. The summed E-state index contributed by atoms with van der Waals surface area (Å²) < 4.78 is 7.22. The molecule has 0 aliphatic heterocycles. The van der Waals surface area contributed by atoms with Crippen molar-refractivity contribution >= 4 is 0 Å². The van der Waals surface area contributed by atoms with E-state index in [1.165, 1.54) is 11.3 Å². The Hall–Kier alpha value is -0.870. The molecule has 0 aliphatic carbocycles. The van der Waals surface area contributed by atoms with Gasteiger partial charge in [-0.15, -0.1) is 0 Å². The van der Waals surface area contributed by atoms with E-state index in [9.17, 15) is 0 Å². The first-order valence-electron chi connectivity index (χ1n) is 5.19. The predicted molar refractivity (Wildman–Crippen MR) is 60.7 cm³/mol. The molecule has 0 saturated heterocycles. The van der Waals surface area contributed by atoms with Crippen LogP contribution >= 0.6 is 0 Å². The van der Waals surface area contributed by atoms with Crippen LogP contribution in [0.4, 0.5) is 0 Å². The fraction of sp³-hybridized carbons (Fsp3) is 0.727. The Morgan fingerprint density at radius 1 is 1.53 bits per heavy atom. The van der Waals surface area contributed by atoms with Crippen LogP contribution in [0.1, 0.15) is 25.1 Å². The largest absolute Gasteiger partial charge is 0.377 e. The van der Waals surface area contributed by atoms with Gasteiger partial charge in [-0.3, -0.25) is 4.68 Å². The minimum Gasteiger partial charge on any atom is -0.377 e. The molecular formula is C11H21N3O. The number of aromatic nitrogens is 2. The van der Waals surface area contributed by atoms with Gasteiger partial charge in [-0.05, 0) is 20.8 Å². The van der Waals surface area contributed by atoms with Crippen LogP contribution in [0, 0.1) is 6.92 Å². The number of hydrogen-bond donors (Lipinski definition) is 1. The summed E-state index contributed by atoms with van der Waals surface area (Å²) in [7, 11) is 3.69. The molecule has 1 N–H and O–H groups in total. The standard InChI is InChI=1S/C11H21N3O/c1-9-10(7-13-14(9)4)6-12-8-11(2,3)15-5/h7,12H,6,8H2,1-5H3. The van der Waals surface area contributed by atoms with Gasteiger partial charge in [0, 0.05) is 38.5 Å². The minimum absolute atomic E-state index is 0.115. The highest BCUT2D eigenvalue weighted by molar-refractivity contribution is 5.15. The van der Waals surface area contributed by atoms with Crippen molar-refractivity contribution in [1.82, 2.24) is 15.1 Å². The van der Waals surface area contributed by atoms with Crippen molar-refractivity contribution in [3.8, 4) is 0 Å². The first-order valence-corrected chi connectivity index (χ1v) is 5.19. The molecular weight excluding hydrogens is 190 g/mol. The molecule has 1 aromatic rings. The second kappa shape index (κ2) is 4.77. The van der Waals surface area contributed by atoms with Gasteiger partial charge in [-0.25, -0.2) is 0 Å². The van der Waals surface area contributed by atoms with Crippen LogP contribution in [-0.4, -0.2) is 29.0 Å². The van der Waals surface area contributed by atoms with Gasteiger partial charge in [0.2, 0.25) is 0 Å². The summed E-state index contributed by atoms with van der Waals surface area (Å²) in [6, 6.07) is 0. The number of nitrogens with zero attached hydrogens (tertiary/aromatic N) is 2. The maximum atomic E-state index is 5.33. The van der Waals surface area contributed by atoms with E-state index in [2.05, 4.69) is 31.2 Å². The molecule has 4 heteroatoms. The van der Waals surface area contributed by atoms with E-state index in [0.29, 0.717) is 0 Å². The van der Waals surface area contributed by atoms with Gasteiger partial charge in [0.25, 0.3) is 0 Å². The lowest BCUT2D eigenvalue weighted by molar-refractivity contribution is 0.0230. The third-order valence-corrected chi connectivity index (χ3v) is 2.76. The molecule has 0 amide bonds. The fourth-order valence-corrected chi connectivity index (χ4v) is 1.29. The SMILES string of the molecule is COC(C)(C)CNCc1cnn(C)c1C. The van der Waals surface area contributed by atoms with Crippen molar-refractivity contribution in [2.24, 2.45) is 7.05 Å². The quantitative estimate of drug-likeness (QED) is 0.796. The zero-order valence-corrected chi connectivity index (χ0v) is 10.3. The highest BCUT2D eigenvalue weighted by Gasteiger charge is 2.15. The van der Waals surface area contributed by atoms with Crippen molar-refractivity contribution < 1.29 is 4.74 Å². The second-order valence-electron chi connectivity index (χ2n) is 4.45. The van der Waals surface area contributed by atoms with Crippen LogP contribution in [0.2, 0.25) is 0 Å². The van der Waals surface area contributed by atoms with E-state index in [1.807, 2.05) is 17.9 Å². The molecule has 0 radical (unpaired) electrons. The number of nitrogens with one attached hydrogen (secondary N) is 1. The van der Waals surface area contributed by atoms with Crippen LogP contribution in [-0.2, 0) is 18.3 Å². The van der Waals surface area contributed by atoms with E-state index in [-0.39, 0.29) is 5.60 Å². The second-order valence-corrected chi connectivity index (χ2v) is 4.45. The summed E-state index contributed by atoms with van der Waals surface area (Å²) in [5.74, 6) is 0. The lowest BCUT2D eigenvalue weighted by atomic mass is 10.1. The molecule has 0 bridgehead atoms. The highest BCUT2D eigenvalue weighted by atomic mass is 16.5. The first-order chi connectivity index (χ1) is 6.96. The average Bonchev–Trinajstić information content (AvgIpc) is 2.49. The van der Waals surface area contributed by atoms with Crippen LogP contribution in [0.3, 0.4) is 0 Å². The molecule has 0 aromatic carbocycles. The van der Waals surface area contributed by atoms with Gasteiger partial charge in [-0.1, -0.05) is 0 Å². The Kier molecular flexibility index (Phi) is 3.88. The summed E-state index contributed by atoms with van der Waals surface area (Å²) in [5, 5.41) is 7.57. The summed E-state index contributed by atoms with van der Waals surface area (Å²) in [4.78, 5) is 0. The van der Waals surface area contributed by atoms with E-state index < -0.39 is 0 Å². The maximum Gasteiger partial charge on any atom is 0.0746 e. The van der Waals surface area contributed by atoms with E-state index >= 15 is 0 Å². The Morgan fingerprint density at radius 2 is 2.20 bits per heavy atom. The summed E-state index contributed by atoms with van der Waals surface area (Å²) in [5.41, 5.74) is 2.33. The molecule has 0 unspecified atom stereocenters. The normalized spacial score (nSPS) is 12.1. The van der Waals surface area contributed by atoms with Gasteiger partial charge in [0.15, 0.2) is 0 Å². The van der Waals surface area contributed by atoms with Crippen molar-refractivity contribution in [2.45, 2.75) is 32.9 Å². The molecule has 0 fully saturated rings. The molecule has 0 saturated carbocycles. The minimum atomic E-state index is -0.115. The predicted octanol–water partition coefficient (Wildman–Crippen LogP) is 1.24. The Labute approximate surface area is 91.6 Å². The van der Waals surface area contributed by atoms with Gasteiger partial charge < -0.3 is 10.1 Å². The monoisotopic (exact) mass is 211 g/mol. The van der Waals surface area contributed by atoms with Crippen LogP contribution in [0.25, 0.3) is 0 Å². The van der Waals surface area contributed by atoms with Crippen LogP contribution in [0.5, 0.6) is 0 Å². The Bertz CT molecular complexity index is 318. The summed E-state index contributed by atoms with van der Waals surface area (Å²) >= 11 is 0. The molecule has 86 valence electrons. The highest BCUT2D eigenvalue weighted by Crippen LogP contribution is 2.07. The molecule has 0 aliphatic rings. The number of methoxy groups -OCH3 is 1. The molecule has 0 spiro atoms. The molecule has 15 heavy (non-hydrogen) atoms.